The van der Waals surface area contributed by atoms with Gasteiger partial charge in [0.15, 0.2) is 0 Å². The fourth-order valence-corrected chi connectivity index (χ4v) is 4.84. The van der Waals surface area contributed by atoms with E-state index in [0.29, 0.717) is 24.9 Å². The highest BCUT2D eigenvalue weighted by atomic mass is 79.9. The average molecular weight is 568 g/mol. The third-order valence-corrected chi connectivity index (χ3v) is 7.49. The van der Waals surface area contributed by atoms with Crippen LogP contribution in [0.15, 0.2) is 94.3 Å². The van der Waals surface area contributed by atoms with Crippen LogP contribution < -0.4 is 15.2 Å². The lowest BCUT2D eigenvalue weighted by molar-refractivity contribution is -0.119. The molecular weight excluding hydrogens is 540 g/mol. The molecular formula is C28H27BrN2O4S. The van der Waals surface area contributed by atoms with Crippen LogP contribution in [-0.2, 0) is 21.2 Å². The fraction of sp³-hybridized carbons (Fsp3) is 0.179. The van der Waals surface area contributed by atoms with E-state index in [0.717, 1.165) is 32.1 Å². The number of nitrogens with one attached hydrogen (secondary N) is 1. The molecule has 4 aromatic carbocycles. The summed E-state index contributed by atoms with van der Waals surface area (Å²) in [5.41, 5.74) is 2.77. The minimum absolute atomic E-state index is 0.0400. The SMILES string of the molecule is COc1ccc2cc(CCC(=O)CC(Nc3ccc(S(N)(=O)=O)cc3)c3ccc(Br)cc3)ccc2c1. The predicted octanol–water partition coefficient (Wildman–Crippen LogP) is 6.00. The number of carbonyl (C=O) groups excluding carboxylic acids is 1. The second-order valence-corrected chi connectivity index (χ2v) is 11.1. The second-order valence-electron chi connectivity index (χ2n) is 8.61. The van der Waals surface area contributed by atoms with Crippen LogP contribution in [0.1, 0.15) is 30.0 Å². The topological polar surface area (TPSA) is 98.5 Å². The van der Waals surface area contributed by atoms with E-state index < -0.39 is 10.0 Å². The summed E-state index contributed by atoms with van der Waals surface area (Å²) in [6.07, 6.45) is 1.36. The number of ether oxygens (including phenoxy) is 1. The first-order valence-electron chi connectivity index (χ1n) is 11.4. The molecule has 8 heteroatoms. The van der Waals surface area contributed by atoms with Gasteiger partial charge in [-0.2, -0.15) is 0 Å². The minimum Gasteiger partial charge on any atom is -0.497 e. The van der Waals surface area contributed by atoms with E-state index >= 15 is 0 Å². The second kappa shape index (κ2) is 11.2. The lowest BCUT2D eigenvalue weighted by Gasteiger charge is -2.20. The molecule has 0 aliphatic rings. The van der Waals surface area contributed by atoms with Crippen molar-refractivity contribution < 1.29 is 17.9 Å². The molecule has 3 N–H and O–H groups in total. The van der Waals surface area contributed by atoms with Crippen LogP contribution in [-0.4, -0.2) is 21.3 Å². The Morgan fingerprint density at radius 2 is 1.61 bits per heavy atom. The molecule has 36 heavy (non-hydrogen) atoms. The molecule has 4 aromatic rings. The van der Waals surface area contributed by atoms with E-state index in [9.17, 15) is 13.2 Å². The molecule has 1 atom stereocenters. The number of methoxy groups -OCH3 is 1. The van der Waals surface area contributed by atoms with Gasteiger partial charge in [0.2, 0.25) is 10.0 Å². The van der Waals surface area contributed by atoms with E-state index in [1.807, 2.05) is 48.5 Å². The van der Waals surface area contributed by atoms with Gasteiger partial charge < -0.3 is 10.1 Å². The lowest BCUT2D eigenvalue weighted by Crippen LogP contribution is -2.16. The molecule has 0 saturated heterocycles. The van der Waals surface area contributed by atoms with Gasteiger partial charge in [-0.05, 0) is 76.9 Å². The number of rotatable bonds is 10. The maximum Gasteiger partial charge on any atom is 0.238 e. The number of hydrogen-bond acceptors (Lipinski definition) is 5. The zero-order valence-electron chi connectivity index (χ0n) is 19.8. The summed E-state index contributed by atoms with van der Waals surface area (Å²) in [4.78, 5) is 13.1. The van der Waals surface area contributed by atoms with Crippen LogP contribution in [0.4, 0.5) is 5.69 Å². The summed E-state index contributed by atoms with van der Waals surface area (Å²) in [5.74, 6) is 0.947. The number of anilines is 1. The quantitative estimate of drug-likeness (QED) is 0.245. The van der Waals surface area contributed by atoms with Crippen molar-refractivity contribution in [2.75, 3.05) is 12.4 Å². The average Bonchev–Trinajstić information content (AvgIpc) is 2.87. The Bertz CT molecular complexity index is 1470. The number of hydrogen-bond donors (Lipinski definition) is 2. The number of fused-ring (bicyclic) bond motifs is 1. The van der Waals surface area contributed by atoms with Crippen LogP contribution in [0.25, 0.3) is 10.8 Å². The van der Waals surface area contributed by atoms with Crippen molar-refractivity contribution in [1.82, 2.24) is 0 Å². The van der Waals surface area contributed by atoms with Gasteiger partial charge in [0.1, 0.15) is 11.5 Å². The van der Waals surface area contributed by atoms with Crippen molar-refractivity contribution in [3.8, 4) is 5.75 Å². The van der Waals surface area contributed by atoms with Gasteiger partial charge in [0.05, 0.1) is 18.0 Å². The number of sulfonamides is 1. The fourth-order valence-electron chi connectivity index (χ4n) is 4.06. The number of carbonyl (C=O) groups is 1. The summed E-state index contributed by atoms with van der Waals surface area (Å²) in [5, 5.41) is 10.8. The van der Waals surface area contributed by atoms with Crippen molar-refractivity contribution in [1.29, 1.82) is 0 Å². The third kappa shape index (κ3) is 6.72. The molecule has 186 valence electrons. The van der Waals surface area contributed by atoms with Gasteiger partial charge in [-0.3, -0.25) is 4.79 Å². The van der Waals surface area contributed by atoms with E-state index in [1.165, 1.54) is 12.1 Å². The maximum atomic E-state index is 13.0. The van der Waals surface area contributed by atoms with Crippen molar-refractivity contribution in [2.45, 2.75) is 30.2 Å². The zero-order valence-corrected chi connectivity index (χ0v) is 22.2. The largest absolute Gasteiger partial charge is 0.497 e. The first-order chi connectivity index (χ1) is 17.2. The Morgan fingerprint density at radius 1 is 0.944 bits per heavy atom. The molecule has 0 heterocycles. The summed E-state index contributed by atoms with van der Waals surface area (Å²) < 4.78 is 29.4. The van der Waals surface area contributed by atoms with Gasteiger partial charge >= 0.3 is 0 Å². The minimum atomic E-state index is -3.77. The first kappa shape index (κ1) is 25.9. The number of benzene rings is 4. The van der Waals surface area contributed by atoms with Crippen molar-refractivity contribution in [2.24, 2.45) is 5.14 Å². The van der Waals surface area contributed by atoms with Gasteiger partial charge in [-0.1, -0.05) is 52.3 Å². The number of Topliss-reactive ketones (excluding diaryl/α,β-unsaturated/α-hetero) is 1. The molecule has 0 saturated carbocycles. The Balaban J connectivity index is 1.46. The maximum absolute atomic E-state index is 13.0. The van der Waals surface area contributed by atoms with Crippen molar-refractivity contribution >= 4 is 48.2 Å². The number of ketones is 1. The van der Waals surface area contributed by atoms with Gasteiger partial charge in [-0.15, -0.1) is 0 Å². The number of halogens is 1. The standard InChI is InChI=1S/C28H27BrN2O4S/c1-35-26-13-7-21-16-19(2-4-22(21)17-26)3-12-25(32)18-28(20-5-8-23(29)9-6-20)31-24-10-14-27(15-11-24)36(30,33)34/h2,4-11,13-17,28,31H,3,12,18H2,1H3,(H2,30,33,34). The smallest absolute Gasteiger partial charge is 0.238 e. The Morgan fingerprint density at radius 3 is 2.28 bits per heavy atom. The van der Waals surface area contributed by atoms with E-state index in [2.05, 4.69) is 33.4 Å². The van der Waals surface area contributed by atoms with E-state index in [4.69, 9.17) is 9.88 Å². The van der Waals surface area contributed by atoms with E-state index in [1.54, 1.807) is 19.2 Å². The first-order valence-corrected chi connectivity index (χ1v) is 13.8. The molecule has 0 aliphatic carbocycles. The van der Waals surface area contributed by atoms with Crippen molar-refractivity contribution in [3.63, 3.8) is 0 Å². The third-order valence-electron chi connectivity index (χ3n) is 6.03. The molecule has 4 rings (SSSR count). The number of aryl methyl sites for hydroxylation is 1. The molecule has 0 spiro atoms. The molecule has 0 amide bonds. The summed E-state index contributed by atoms with van der Waals surface area (Å²) in [6, 6.07) is 25.9. The molecule has 0 radical (unpaired) electrons. The molecule has 6 nitrogen and oxygen atoms in total. The monoisotopic (exact) mass is 566 g/mol. The summed E-state index contributed by atoms with van der Waals surface area (Å²) in [7, 11) is -2.12. The molecule has 0 aliphatic heterocycles. The van der Waals surface area contributed by atoms with Gasteiger partial charge in [0, 0.05) is 23.0 Å². The number of primary sulfonamides is 1. The van der Waals surface area contributed by atoms with Crippen LogP contribution in [0.3, 0.4) is 0 Å². The van der Waals surface area contributed by atoms with Crippen LogP contribution in [0.2, 0.25) is 0 Å². The highest BCUT2D eigenvalue weighted by molar-refractivity contribution is 9.10. The van der Waals surface area contributed by atoms with Gasteiger partial charge in [0.25, 0.3) is 0 Å². The molecule has 0 aromatic heterocycles. The molecule has 1 unspecified atom stereocenters. The van der Waals surface area contributed by atoms with Crippen LogP contribution in [0, 0.1) is 0 Å². The highest BCUT2D eigenvalue weighted by Crippen LogP contribution is 2.27. The Hall–Kier alpha value is -3.20. The Labute approximate surface area is 219 Å². The highest BCUT2D eigenvalue weighted by Gasteiger charge is 2.17. The molecule has 0 bridgehead atoms. The normalized spacial score (nSPS) is 12.3. The van der Waals surface area contributed by atoms with Crippen LogP contribution in [0.5, 0.6) is 5.75 Å². The predicted molar refractivity (Wildman–Crippen MR) is 147 cm³/mol. The van der Waals surface area contributed by atoms with E-state index in [-0.39, 0.29) is 16.7 Å². The number of nitrogens with two attached hydrogens (primary N) is 1. The molecule has 0 fully saturated rings. The lowest BCUT2D eigenvalue weighted by atomic mass is 9.97. The van der Waals surface area contributed by atoms with Crippen molar-refractivity contribution in [3.05, 3.63) is 101 Å². The van der Waals surface area contributed by atoms with Crippen LogP contribution >= 0.6 is 15.9 Å². The summed E-state index contributed by atoms with van der Waals surface area (Å²) in [6.45, 7) is 0. The summed E-state index contributed by atoms with van der Waals surface area (Å²) >= 11 is 3.45. The Kier molecular flexibility index (Phi) is 8.08. The van der Waals surface area contributed by atoms with Gasteiger partial charge in [-0.25, -0.2) is 13.6 Å². The zero-order chi connectivity index (χ0) is 25.7.